The molecule has 0 aromatic heterocycles. The Kier molecular flexibility index (Phi) is 5840. The molecule has 0 amide bonds. The highest BCUT2D eigenvalue weighted by molar-refractivity contribution is 5.85. The zero-order valence-electron chi connectivity index (χ0n) is 1.93. The summed E-state index contributed by atoms with van der Waals surface area (Å²) < 4.78 is 0. The van der Waals surface area contributed by atoms with E-state index in [0.717, 1.165) is 0 Å². The van der Waals surface area contributed by atoms with Crippen LogP contribution in [0.5, 0.6) is 0 Å². The summed E-state index contributed by atoms with van der Waals surface area (Å²) in [6, 6.07) is 0. The Bertz CT molecular complexity index is 6.00. The predicted molar refractivity (Wildman–Crippen MR) is 22.0 cm³/mol. The van der Waals surface area contributed by atoms with E-state index in [1.165, 1.54) is 0 Å². The van der Waals surface area contributed by atoms with Gasteiger partial charge in [-0.15, -0.1) is 24.8 Å². The maximum atomic E-state index is 0. The van der Waals surface area contributed by atoms with Crippen LogP contribution in [-0.4, -0.2) is 0 Å². The van der Waals surface area contributed by atoms with Crippen molar-refractivity contribution in [1.82, 2.24) is 6.15 Å². The van der Waals surface area contributed by atoms with Gasteiger partial charge in [-0.05, 0) is 0 Å². The molecule has 0 aliphatic rings. The number of halogens is 3. The second-order valence-corrected chi connectivity index (χ2v) is 0. The van der Waals surface area contributed by atoms with Gasteiger partial charge in [-0.3, -0.25) is 4.70 Å². The molecule has 0 unspecified atom stereocenters. The van der Waals surface area contributed by atoms with E-state index in [9.17, 15) is 0 Å². The average Bonchev–Trinajstić information content (AvgIpc) is 0. The van der Waals surface area contributed by atoms with Crippen molar-refractivity contribution >= 4 is 24.8 Å². The molecule has 0 aliphatic heterocycles. The Morgan fingerprint density at radius 2 is 0.750 bits per heavy atom. The fourth-order valence-corrected chi connectivity index (χ4v) is 0. The zero-order valence-corrected chi connectivity index (χ0v) is 3.56. The van der Waals surface area contributed by atoms with Gasteiger partial charge in [0.1, 0.15) is 0 Å². The van der Waals surface area contributed by atoms with Gasteiger partial charge in [-0.1, -0.05) is 0 Å². The van der Waals surface area contributed by atoms with Crippen LogP contribution in [0.25, 0.3) is 0 Å². The maximum absolute atomic E-state index is 0. The molecule has 0 atom stereocenters. The second-order valence-electron chi connectivity index (χ2n) is 0. The highest BCUT2D eigenvalue weighted by atomic mass is 35.5. The van der Waals surface area contributed by atoms with Crippen LogP contribution in [0.1, 0.15) is 0 Å². The summed E-state index contributed by atoms with van der Waals surface area (Å²) in [5.74, 6) is 0. The van der Waals surface area contributed by atoms with E-state index in [-0.39, 0.29) is 35.7 Å². The van der Waals surface area contributed by atoms with Crippen molar-refractivity contribution in [3.8, 4) is 0 Å². The van der Waals surface area contributed by atoms with Gasteiger partial charge in [0.15, 0.2) is 0 Å². The molecule has 0 fully saturated rings. The minimum Gasteiger partial charge on any atom is -0.344 e. The van der Waals surface area contributed by atoms with Crippen molar-refractivity contribution in [3.63, 3.8) is 0 Å². The molecule has 0 aromatic rings. The molecule has 0 bridgehead atoms. The normalized spacial score (nSPS) is 0. The van der Waals surface area contributed by atoms with Crippen molar-refractivity contribution in [3.05, 3.63) is 0 Å². The molecule has 0 spiro atoms. The fourth-order valence-electron chi connectivity index (χ4n) is 0. The molecule has 0 heterocycles. The van der Waals surface area contributed by atoms with Gasteiger partial charge < -0.3 is 6.15 Å². The molecule has 0 saturated carbocycles. The van der Waals surface area contributed by atoms with Crippen LogP contribution >= 0.6 is 24.8 Å². The van der Waals surface area contributed by atoms with Crippen molar-refractivity contribution < 1.29 is 4.70 Å². The SMILES string of the molecule is Cl.Cl.F.N. The van der Waals surface area contributed by atoms with Crippen molar-refractivity contribution in [2.75, 3.05) is 0 Å². The third-order valence-electron chi connectivity index (χ3n) is 0. The van der Waals surface area contributed by atoms with Crippen LogP contribution < -0.4 is 6.15 Å². The molecule has 4 heteroatoms. The first-order chi connectivity index (χ1) is 0. The lowest BCUT2D eigenvalue weighted by Gasteiger charge is -0.344. The third-order valence-corrected chi connectivity index (χ3v) is 0. The molecular weight excluding hydrogens is 104 g/mol. The first-order valence-electron chi connectivity index (χ1n) is 0. The predicted octanol–water partition coefficient (Wildman–Crippen LogP) is 1.16. The Morgan fingerprint density at radius 3 is 0.750 bits per heavy atom. The van der Waals surface area contributed by atoms with Crippen LogP contribution in [0.4, 0.5) is 4.70 Å². The molecule has 0 aliphatic carbocycles. The summed E-state index contributed by atoms with van der Waals surface area (Å²) in [5, 5.41) is 0. The van der Waals surface area contributed by atoms with E-state index >= 15 is 0 Å². The van der Waals surface area contributed by atoms with Crippen molar-refractivity contribution in [2.24, 2.45) is 0 Å². The van der Waals surface area contributed by atoms with E-state index in [1.54, 1.807) is 0 Å². The summed E-state index contributed by atoms with van der Waals surface area (Å²) in [7, 11) is 0. The minimum atomic E-state index is 0. The molecule has 0 aromatic carbocycles. The van der Waals surface area contributed by atoms with Crippen molar-refractivity contribution in [2.45, 2.75) is 0 Å². The van der Waals surface area contributed by atoms with Crippen LogP contribution in [0.3, 0.4) is 0 Å². The Labute approximate surface area is 36.5 Å². The van der Waals surface area contributed by atoms with E-state index in [1.807, 2.05) is 0 Å². The number of hydrogen-bond donors (Lipinski definition) is 1. The fraction of sp³-hybridized carbons (Fsp3) is 0. The van der Waals surface area contributed by atoms with Crippen LogP contribution in [0.2, 0.25) is 0 Å². The Hall–Kier alpha value is 0.470. The van der Waals surface area contributed by atoms with Crippen LogP contribution in [0, 0.1) is 0 Å². The zero-order chi connectivity index (χ0) is 0. The molecule has 4 heavy (non-hydrogen) atoms. The van der Waals surface area contributed by atoms with Gasteiger partial charge in [-0.2, -0.15) is 0 Å². The molecule has 0 rings (SSSR count). The van der Waals surface area contributed by atoms with Gasteiger partial charge in [0, 0.05) is 0 Å². The van der Waals surface area contributed by atoms with Gasteiger partial charge in [0.25, 0.3) is 0 Å². The standard InChI is InChI=1S/2ClH.FH.H3N/h3*1H;1H3. The van der Waals surface area contributed by atoms with Gasteiger partial charge in [0.2, 0.25) is 0 Å². The van der Waals surface area contributed by atoms with Crippen LogP contribution in [-0.2, 0) is 0 Å². The maximum Gasteiger partial charge on any atom is -0.147 e. The van der Waals surface area contributed by atoms with E-state index in [4.69, 9.17) is 0 Å². The largest absolute Gasteiger partial charge is 0.344 e. The van der Waals surface area contributed by atoms with Gasteiger partial charge in [-0.25, -0.2) is 0 Å². The van der Waals surface area contributed by atoms with E-state index < -0.39 is 0 Å². The highest BCUT2D eigenvalue weighted by Gasteiger charge is -0.146. The quantitative estimate of drug-likeness (QED) is 0.498. The topological polar surface area (TPSA) is 35.0 Å². The van der Waals surface area contributed by atoms with Crippen LogP contribution in [0.15, 0.2) is 0 Å². The lowest BCUT2D eigenvalue weighted by Crippen LogP contribution is -0.481. The summed E-state index contributed by atoms with van der Waals surface area (Å²) in [5.41, 5.74) is 0. The Morgan fingerprint density at radius 1 is 0.750 bits per heavy atom. The Balaban J connectivity index is 0. The molecule has 0 radical (unpaired) electrons. The first kappa shape index (κ1) is 244. The average molecular weight is 110 g/mol. The minimum absolute atomic E-state index is 0. The molecular formula is H6Cl2FN. The smallest absolute Gasteiger partial charge is 0.147 e. The lowest BCUT2D eigenvalue weighted by molar-refractivity contribution is 1.11. The first-order valence-corrected chi connectivity index (χ1v) is 0. The van der Waals surface area contributed by atoms with E-state index in [0.29, 0.717) is 0 Å². The third kappa shape index (κ3) is 24.2. The molecule has 1 nitrogen and oxygen atoms in total. The molecule has 3 N–H and O–H groups in total. The highest BCUT2D eigenvalue weighted by Crippen LogP contribution is 0.691. The number of hydrogen-bond acceptors (Lipinski definition) is 1. The number of rotatable bonds is 0. The molecule has 0 saturated heterocycles. The second kappa shape index (κ2) is 95.8. The monoisotopic (exact) mass is 109 g/mol. The molecule has 32 valence electrons. The lowest BCUT2D eigenvalue weighted by atomic mass is 14.0. The summed E-state index contributed by atoms with van der Waals surface area (Å²) in [6.45, 7) is 0. The van der Waals surface area contributed by atoms with E-state index in [2.05, 4.69) is 0 Å². The van der Waals surface area contributed by atoms with Gasteiger partial charge in [0.05, 0.1) is 0 Å². The van der Waals surface area contributed by atoms with Gasteiger partial charge >= 0.3 is 0 Å². The summed E-state index contributed by atoms with van der Waals surface area (Å²) in [4.78, 5) is 0. The summed E-state index contributed by atoms with van der Waals surface area (Å²) in [6.07, 6.45) is 0. The van der Waals surface area contributed by atoms with Crippen molar-refractivity contribution in [1.29, 1.82) is 0 Å². The summed E-state index contributed by atoms with van der Waals surface area (Å²) >= 11 is 0.